The third kappa shape index (κ3) is 6.41. The highest BCUT2D eigenvalue weighted by Crippen LogP contribution is 2.35. The molecule has 2 N–H and O–H groups in total. The Morgan fingerprint density at radius 2 is 1.76 bits per heavy atom. The number of rotatable bonds is 6. The lowest BCUT2D eigenvalue weighted by atomic mass is 9.90. The molecule has 14 heteroatoms. The van der Waals surface area contributed by atoms with E-state index in [2.05, 4.69) is 25.5 Å². The van der Waals surface area contributed by atoms with Crippen molar-refractivity contribution in [2.24, 2.45) is 0 Å². The Morgan fingerprint density at radius 3 is 2.48 bits per heavy atom. The molecule has 1 aliphatic heterocycles. The van der Waals surface area contributed by atoms with Gasteiger partial charge in [0.15, 0.2) is 11.5 Å². The molecule has 0 aliphatic carbocycles. The van der Waals surface area contributed by atoms with Crippen molar-refractivity contribution < 1.29 is 23.8 Å². The fraction of sp³-hybridized carbons (Fsp3) is 0.286. The van der Waals surface area contributed by atoms with E-state index in [1.165, 1.54) is 17.6 Å². The molecule has 42 heavy (non-hydrogen) atoms. The fourth-order valence-electron chi connectivity index (χ4n) is 4.91. The number of carboxylic acid groups (broad SMARTS) is 1. The van der Waals surface area contributed by atoms with E-state index in [0.717, 1.165) is 35.0 Å². The van der Waals surface area contributed by atoms with Crippen LogP contribution in [0.2, 0.25) is 0 Å². The zero-order valence-corrected chi connectivity index (χ0v) is 23.6. The van der Waals surface area contributed by atoms with Crippen LogP contribution in [-0.4, -0.2) is 69.8 Å². The number of likely N-dealkylation sites (tertiary alicyclic amines) is 1. The van der Waals surface area contributed by atoms with Crippen LogP contribution in [0.15, 0.2) is 61.4 Å². The van der Waals surface area contributed by atoms with Gasteiger partial charge in [-0.1, -0.05) is 11.6 Å². The van der Waals surface area contributed by atoms with Crippen LogP contribution in [0.5, 0.6) is 11.5 Å². The quantitative estimate of drug-likeness (QED) is 0.261. The van der Waals surface area contributed by atoms with Gasteiger partial charge in [-0.15, -0.1) is 0 Å². The predicted octanol–water partition coefficient (Wildman–Crippen LogP) is 4.95. The SMILES string of the molecule is CC(=O)O.Cc1cc(Nc2ncnn3ccc(C4CCN(C(=O)C(F)Cl)CC4)c23)ccc1Oc1ccn2ncnc2c1. The standard InChI is InChI=1S/C26H24ClFN8O2.C2H4O2/c1-16-12-18(2-3-21(16)38-19-6-10-35-22(13-19)29-14-31-35)33-25-23-20(7-11-36(23)32-15-30-25)17-4-8-34(9-5-17)26(37)24(27)28;1-2(3)4/h2-3,6-7,10-15,17,24H,4-5,8-9H2,1H3,(H,30,32,33);1H3,(H,3,4). The lowest BCUT2D eigenvalue weighted by molar-refractivity contribution is -0.135. The highest BCUT2D eigenvalue weighted by atomic mass is 35.5. The Bertz CT molecular complexity index is 1730. The molecule has 1 saturated heterocycles. The molecule has 4 aromatic heterocycles. The van der Waals surface area contributed by atoms with Crippen molar-refractivity contribution in [1.82, 2.24) is 34.1 Å². The largest absolute Gasteiger partial charge is 0.481 e. The predicted molar refractivity (Wildman–Crippen MR) is 153 cm³/mol. The molecule has 0 spiro atoms. The summed E-state index contributed by atoms with van der Waals surface area (Å²) in [5.41, 5.74) is 2.47. The summed E-state index contributed by atoms with van der Waals surface area (Å²) in [6, 6.07) is 11.5. The molecule has 0 bridgehead atoms. The van der Waals surface area contributed by atoms with E-state index in [1.54, 1.807) is 15.2 Å². The number of hydrogen-bond donors (Lipinski definition) is 2. The van der Waals surface area contributed by atoms with Crippen molar-refractivity contribution >= 4 is 46.1 Å². The number of nitrogens with zero attached hydrogens (tertiary/aromatic N) is 7. The molecule has 0 radical (unpaired) electrons. The van der Waals surface area contributed by atoms with E-state index in [0.29, 0.717) is 43.1 Å². The number of halogens is 2. The maximum absolute atomic E-state index is 13.3. The smallest absolute Gasteiger partial charge is 0.300 e. The van der Waals surface area contributed by atoms with Gasteiger partial charge in [0.2, 0.25) is 0 Å². The molecule has 1 aliphatic rings. The van der Waals surface area contributed by atoms with Crippen LogP contribution in [-0.2, 0) is 9.59 Å². The van der Waals surface area contributed by atoms with E-state index in [1.807, 2.05) is 49.5 Å². The number of carbonyl (C=O) groups is 2. The van der Waals surface area contributed by atoms with Gasteiger partial charge in [0.25, 0.3) is 17.5 Å². The number of amides is 1. The van der Waals surface area contributed by atoms with Crippen molar-refractivity contribution in [1.29, 1.82) is 0 Å². The highest BCUT2D eigenvalue weighted by molar-refractivity contribution is 6.29. The number of ether oxygens (including phenoxy) is 1. The number of fused-ring (bicyclic) bond motifs is 2. The van der Waals surface area contributed by atoms with Gasteiger partial charge in [-0.3, -0.25) is 9.59 Å². The number of benzene rings is 1. The minimum Gasteiger partial charge on any atom is -0.481 e. The zero-order chi connectivity index (χ0) is 29.8. The van der Waals surface area contributed by atoms with Gasteiger partial charge in [0, 0.05) is 44.2 Å². The fourth-order valence-corrected chi connectivity index (χ4v) is 5.05. The number of pyridine rings is 1. The second kappa shape index (κ2) is 12.4. The Morgan fingerprint density at radius 1 is 1.07 bits per heavy atom. The summed E-state index contributed by atoms with van der Waals surface area (Å²) in [5.74, 6) is 0.756. The Balaban J connectivity index is 0.000000830. The number of aryl methyl sites for hydroxylation is 1. The van der Waals surface area contributed by atoms with Crippen LogP contribution in [0.25, 0.3) is 11.2 Å². The van der Waals surface area contributed by atoms with Crippen molar-refractivity contribution in [2.45, 2.75) is 38.2 Å². The number of aliphatic carboxylic acids is 1. The van der Waals surface area contributed by atoms with Crippen LogP contribution < -0.4 is 10.1 Å². The summed E-state index contributed by atoms with van der Waals surface area (Å²) >= 11 is 5.35. The Kier molecular flexibility index (Phi) is 8.48. The summed E-state index contributed by atoms with van der Waals surface area (Å²) in [7, 11) is 0. The van der Waals surface area contributed by atoms with Gasteiger partial charge >= 0.3 is 0 Å². The molecule has 5 aromatic rings. The van der Waals surface area contributed by atoms with Crippen molar-refractivity contribution in [3.05, 3.63) is 72.6 Å². The molecule has 1 amide bonds. The van der Waals surface area contributed by atoms with Crippen LogP contribution in [0.4, 0.5) is 15.9 Å². The van der Waals surface area contributed by atoms with Gasteiger partial charge in [0.05, 0.1) is 0 Å². The highest BCUT2D eigenvalue weighted by Gasteiger charge is 2.29. The maximum Gasteiger partial charge on any atom is 0.300 e. The van der Waals surface area contributed by atoms with Crippen molar-refractivity contribution in [2.75, 3.05) is 18.4 Å². The summed E-state index contributed by atoms with van der Waals surface area (Å²) < 4.78 is 22.8. The number of hydrogen-bond acceptors (Lipinski definition) is 8. The minimum absolute atomic E-state index is 0.184. The number of nitrogens with one attached hydrogen (secondary N) is 1. The molecule has 1 fully saturated rings. The van der Waals surface area contributed by atoms with Crippen LogP contribution >= 0.6 is 11.6 Å². The van der Waals surface area contributed by atoms with E-state index in [4.69, 9.17) is 26.2 Å². The molecule has 1 atom stereocenters. The molecule has 5 heterocycles. The van der Waals surface area contributed by atoms with E-state index in [9.17, 15) is 9.18 Å². The molecular weight excluding hydrogens is 567 g/mol. The third-order valence-electron chi connectivity index (χ3n) is 6.84. The number of alkyl halides is 2. The summed E-state index contributed by atoms with van der Waals surface area (Å²) in [4.78, 5) is 31.1. The van der Waals surface area contributed by atoms with Gasteiger partial charge < -0.3 is 20.1 Å². The minimum atomic E-state index is -2.00. The van der Waals surface area contributed by atoms with Gasteiger partial charge in [-0.2, -0.15) is 10.2 Å². The van der Waals surface area contributed by atoms with Crippen LogP contribution in [0.3, 0.4) is 0 Å². The normalized spacial score (nSPS) is 14.3. The first-order chi connectivity index (χ1) is 20.2. The molecular formula is C28H28ClFN8O4. The van der Waals surface area contributed by atoms with Gasteiger partial charge in [0.1, 0.15) is 29.7 Å². The lowest BCUT2D eigenvalue weighted by Crippen LogP contribution is -2.40. The molecule has 12 nitrogen and oxygen atoms in total. The Hall–Kier alpha value is -4.78. The number of carbonyl (C=O) groups excluding carboxylic acids is 1. The average molecular weight is 595 g/mol. The van der Waals surface area contributed by atoms with Crippen molar-refractivity contribution in [3.8, 4) is 11.5 Å². The molecule has 6 rings (SSSR count). The maximum atomic E-state index is 13.3. The van der Waals surface area contributed by atoms with Gasteiger partial charge in [-0.25, -0.2) is 23.4 Å². The molecule has 0 saturated carbocycles. The van der Waals surface area contributed by atoms with Crippen LogP contribution in [0, 0.1) is 6.92 Å². The first-order valence-corrected chi connectivity index (χ1v) is 13.6. The molecule has 1 aromatic carbocycles. The van der Waals surface area contributed by atoms with Gasteiger partial charge in [-0.05, 0) is 67.1 Å². The number of anilines is 2. The van der Waals surface area contributed by atoms with E-state index in [-0.39, 0.29) is 5.92 Å². The second-order valence-corrected chi connectivity index (χ2v) is 10.1. The first-order valence-electron chi connectivity index (χ1n) is 13.1. The molecule has 218 valence electrons. The second-order valence-electron chi connectivity index (χ2n) is 9.72. The van der Waals surface area contributed by atoms with Crippen LogP contribution in [0.1, 0.15) is 36.8 Å². The summed E-state index contributed by atoms with van der Waals surface area (Å²) in [5, 5.41) is 19.3. The zero-order valence-electron chi connectivity index (χ0n) is 22.8. The van der Waals surface area contributed by atoms with E-state index < -0.39 is 17.5 Å². The lowest BCUT2D eigenvalue weighted by Gasteiger charge is -2.32. The number of carboxylic acids is 1. The van der Waals surface area contributed by atoms with E-state index >= 15 is 0 Å². The first kappa shape index (κ1) is 28.7. The number of aromatic nitrogens is 6. The summed E-state index contributed by atoms with van der Waals surface area (Å²) in [6.45, 7) is 3.97. The molecule has 1 unspecified atom stereocenters. The van der Waals surface area contributed by atoms with Crippen molar-refractivity contribution in [3.63, 3.8) is 0 Å². The average Bonchev–Trinajstić information content (AvgIpc) is 3.61. The monoisotopic (exact) mass is 594 g/mol. The third-order valence-corrected chi connectivity index (χ3v) is 7.02. The number of piperidine rings is 1. The Labute approximate surface area is 244 Å². The summed E-state index contributed by atoms with van der Waals surface area (Å²) in [6.07, 6.45) is 8.12. The topological polar surface area (TPSA) is 139 Å².